The number of hydrogen-bond acceptors (Lipinski definition) is 6. The van der Waals surface area contributed by atoms with Crippen molar-refractivity contribution in [3.8, 4) is 0 Å². The average molecular weight is 420 g/mol. The molecule has 0 spiro atoms. The fourth-order valence-electron chi connectivity index (χ4n) is 4.43. The lowest BCUT2D eigenvalue weighted by Crippen LogP contribution is -2.50. The van der Waals surface area contributed by atoms with E-state index in [1.165, 1.54) is 5.39 Å². The highest BCUT2D eigenvalue weighted by Crippen LogP contribution is 2.21. The van der Waals surface area contributed by atoms with Gasteiger partial charge in [0.15, 0.2) is 0 Å². The van der Waals surface area contributed by atoms with Gasteiger partial charge in [-0.25, -0.2) is 9.97 Å². The van der Waals surface area contributed by atoms with Crippen LogP contribution in [0.2, 0.25) is 0 Å². The summed E-state index contributed by atoms with van der Waals surface area (Å²) in [6, 6.07) is 12.3. The molecule has 2 aromatic heterocycles. The van der Waals surface area contributed by atoms with Gasteiger partial charge < -0.3 is 24.2 Å². The van der Waals surface area contributed by atoms with Gasteiger partial charge in [-0.05, 0) is 24.6 Å². The van der Waals surface area contributed by atoms with Crippen LogP contribution in [0.3, 0.4) is 0 Å². The van der Waals surface area contributed by atoms with Gasteiger partial charge in [0.05, 0.1) is 0 Å². The van der Waals surface area contributed by atoms with Gasteiger partial charge in [0.25, 0.3) is 0 Å². The van der Waals surface area contributed by atoms with Crippen LogP contribution in [0.5, 0.6) is 0 Å². The Morgan fingerprint density at radius 2 is 1.52 bits per heavy atom. The molecule has 31 heavy (non-hydrogen) atoms. The van der Waals surface area contributed by atoms with E-state index in [0.717, 1.165) is 56.4 Å². The van der Waals surface area contributed by atoms with E-state index in [2.05, 4.69) is 56.0 Å². The zero-order valence-corrected chi connectivity index (χ0v) is 18.0. The number of amides is 1. The highest BCUT2D eigenvalue weighted by Gasteiger charge is 2.23. The van der Waals surface area contributed by atoms with Crippen LogP contribution in [-0.2, 0) is 11.3 Å². The van der Waals surface area contributed by atoms with E-state index in [1.807, 2.05) is 27.8 Å². The van der Waals surface area contributed by atoms with Crippen LogP contribution in [-0.4, -0.2) is 89.6 Å². The Kier molecular flexibility index (Phi) is 5.46. The summed E-state index contributed by atoms with van der Waals surface area (Å²) >= 11 is 0. The van der Waals surface area contributed by atoms with Gasteiger partial charge in [0, 0.05) is 70.1 Å². The molecule has 0 N–H and O–H groups in total. The predicted octanol–water partition coefficient (Wildman–Crippen LogP) is 1.53. The Labute approximate surface area is 182 Å². The minimum atomic E-state index is 0.168. The molecule has 1 aromatic carbocycles. The summed E-state index contributed by atoms with van der Waals surface area (Å²) in [5, 5.41) is 1.17. The van der Waals surface area contributed by atoms with Crippen molar-refractivity contribution in [2.24, 2.45) is 0 Å². The van der Waals surface area contributed by atoms with Gasteiger partial charge in [-0.15, -0.1) is 0 Å². The van der Waals surface area contributed by atoms with Crippen molar-refractivity contribution in [3.05, 3.63) is 48.9 Å². The van der Waals surface area contributed by atoms with Crippen molar-refractivity contribution in [2.45, 2.75) is 6.54 Å². The summed E-state index contributed by atoms with van der Waals surface area (Å²) in [7, 11) is 2.16. The van der Waals surface area contributed by atoms with E-state index in [4.69, 9.17) is 0 Å². The lowest BCUT2D eigenvalue weighted by molar-refractivity contribution is -0.132. The maximum absolute atomic E-state index is 12.9. The first-order valence-corrected chi connectivity index (χ1v) is 11.0. The van der Waals surface area contributed by atoms with Crippen LogP contribution >= 0.6 is 0 Å². The zero-order valence-electron chi connectivity index (χ0n) is 18.0. The van der Waals surface area contributed by atoms with Crippen molar-refractivity contribution >= 4 is 28.4 Å². The maximum atomic E-state index is 12.9. The molecular formula is C23H29N7O. The summed E-state index contributed by atoms with van der Waals surface area (Å²) in [6.07, 6.45) is 3.66. The number of benzene rings is 1. The molecule has 0 aliphatic carbocycles. The van der Waals surface area contributed by atoms with E-state index in [1.54, 1.807) is 6.33 Å². The molecule has 0 atom stereocenters. The fourth-order valence-corrected chi connectivity index (χ4v) is 4.43. The SMILES string of the molecule is CN1CCN(c2cc(N3CCN(C(=O)Cn4ccc5ccccc54)CC3)ncn2)CC1. The van der Waals surface area contributed by atoms with Crippen LogP contribution in [0, 0.1) is 0 Å². The van der Waals surface area contributed by atoms with Gasteiger partial charge in [0.2, 0.25) is 5.91 Å². The average Bonchev–Trinajstić information content (AvgIpc) is 3.22. The topological polar surface area (TPSA) is 60.7 Å². The Bertz CT molecular complexity index is 1050. The lowest BCUT2D eigenvalue weighted by atomic mass is 10.2. The first-order valence-electron chi connectivity index (χ1n) is 11.0. The van der Waals surface area contributed by atoms with Gasteiger partial charge in [-0.3, -0.25) is 4.79 Å². The van der Waals surface area contributed by atoms with E-state index in [9.17, 15) is 4.79 Å². The number of hydrogen-bond donors (Lipinski definition) is 0. The number of carbonyl (C=O) groups excluding carboxylic acids is 1. The second-order valence-electron chi connectivity index (χ2n) is 8.40. The molecule has 2 aliphatic rings. The Morgan fingerprint density at radius 3 is 2.23 bits per heavy atom. The molecule has 3 aromatic rings. The quantitative estimate of drug-likeness (QED) is 0.639. The molecule has 0 unspecified atom stereocenters. The first-order chi connectivity index (χ1) is 15.2. The van der Waals surface area contributed by atoms with Gasteiger partial charge in [-0.2, -0.15) is 0 Å². The minimum Gasteiger partial charge on any atom is -0.354 e. The number of likely N-dealkylation sites (N-methyl/N-ethyl adjacent to an activating group) is 1. The van der Waals surface area contributed by atoms with Crippen molar-refractivity contribution in [1.82, 2.24) is 24.3 Å². The molecule has 162 valence electrons. The molecule has 2 fully saturated rings. The smallest absolute Gasteiger partial charge is 0.242 e. The number of nitrogens with zero attached hydrogens (tertiary/aromatic N) is 7. The number of aromatic nitrogens is 3. The molecule has 0 bridgehead atoms. The maximum Gasteiger partial charge on any atom is 0.242 e. The third-order valence-corrected chi connectivity index (χ3v) is 6.41. The monoisotopic (exact) mass is 419 g/mol. The third kappa shape index (κ3) is 4.20. The predicted molar refractivity (Wildman–Crippen MR) is 122 cm³/mol. The normalized spacial score (nSPS) is 18.0. The Hall–Kier alpha value is -3.13. The number of fused-ring (bicyclic) bond motifs is 1. The van der Waals surface area contributed by atoms with Crippen molar-refractivity contribution < 1.29 is 4.79 Å². The third-order valence-electron chi connectivity index (χ3n) is 6.41. The van der Waals surface area contributed by atoms with E-state index >= 15 is 0 Å². The fraction of sp³-hybridized carbons (Fsp3) is 0.435. The number of rotatable bonds is 4. The van der Waals surface area contributed by atoms with Crippen molar-refractivity contribution in [2.75, 3.05) is 69.2 Å². The molecular weight excluding hydrogens is 390 g/mol. The standard InChI is InChI=1S/C23H29N7O/c1-26-8-10-27(11-9-26)21-16-22(25-18-24-21)28-12-14-29(15-13-28)23(31)17-30-7-6-19-4-2-3-5-20(19)30/h2-7,16,18H,8-15,17H2,1H3. The molecule has 1 amide bonds. The highest BCUT2D eigenvalue weighted by molar-refractivity contribution is 5.83. The van der Waals surface area contributed by atoms with Gasteiger partial charge in [-0.1, -0.05) is 18.2 Å². The summed E-state index contributed by atoms with van der Waals surface area (Å²) in [5.41, 5.74) is 1.10. The number of carbonyl (C=O) groups is 1. The molecule has 8 heteroatoms. The number of para-hydroxylation sites is 1. The Morgan fingerprint density at radius 1 is 0.871 bits per heavy atom. The highest BCUT2D eigenvalue weighted by atomic mass is 16.2. The molecule has 8 nitrogen and oxygen atoms in total. The molecule has 2 saturated heterocycles. The van der Waals surface area contributed by atoms with Gasteiger partial charge in [0.1, 0.15) is 24.5 Å². The van der Waals surface area contributed by atoms with Crippen molar-refractivity contribution in [3.63, 3.8) is 0 Å². The molecule has 0 radical (unpaired) electrons. The van der Waals surface area contributed by atoms with Crippen LogP contribution in [0.4, 0.5) is 11.6 Å². The van der Waals surface area contributed by atoms with Gasteiger partial charge >= 0.3 is 0 Å². The van der Waals surface area contributed by atoms with Crippen LogP contribution in [0.15, 0.2) is 48.9 Å². The largest absolute Gasteiger partial charge is 0.354 e. The summed E-state index contributed by atoms with van der Waals surface area (Å²) in [4.78, 5) is 30.8. The summed E-state index contributed by atoms with van der Waals surface area (Å²) in [5.74, 6) is 2.12. The van der Waals surface area contributed by atoms with Crippen molar-refractivity contribution in [1.29, 1.82) is 0 Å². The second-order valence-corrected chi connectivity index (χ2v) is 8.40. The van der Waals surface area contributed by atoms with E-state index in [0.29, 0.717) is 19.6 Å². The number of piperazine rings is 2. The lowest BCUT2D eigenvalue weighted by Gasteiger charge is -2.36. The molecule has 2 aliphatic heterocycles. The number of anilines is 2. The van der Waals surface area contributed by atoms with Crippen LogP contribution in [0.25, 0.3) is 10.9 Å². The molecule has 4 heterocycles. The summed E-state index contributed by atoms with van der Waals surface area (Å²) in [6.45, 7) is 7.47. The Balaban J connectivity index is 1.19. The first kappa shape index (κ1) is 19.8. The zero-order chi connectivity index (χ0) is 21.2. The summed E-state index contributed by atoms with van der Waals surface area (Å²) < 4.78 is 2.04. The van der Waals surface area contributed by atoms with E-state index in [-0.39, 0.29) is 5.91 Å². The van der Waals surface area contributed by atoms with Crippen LogP contribution < -0.4 is 9.80 Å². The minimum absolute atomic E-state index is 0.168. The second kappa shape index (κ2) is 8.55. The van der Waals surface area contributed by atoms with Crippen LogP contribution in [0.1, 0.15) is 0 Å². The molecule has 5 rings (SSSR count). The molecule has 0 saturated carbocycles. The van der Waals surface area contributed by atoms with E-state index < -0.39 is 0 Å².